The van der Waals surface area contributed by atoms with Gasteiger partial charge in [0.05, 0.1) is 5.69 Å². The van der Waals surface area contributed by atoms with Crippen molar-refractivity contribution < 1.29 is 19.1 Å². The summed E-state index contributed by atoms with van der Waals surface area (Å²) in [7, 11) is 0. The van der Waals surface area contributed by atoms with E-state index in [1.807, 2.05) is 13.8 Å². The highest BCUT2D eigenvalue weighted by Crippen LogP contribution is 2.33. The number of Topliss-reactive ketones (excluding diaryl/α,β-unsaturated/α-hetero) is 1. The Bertz CT molecular complexity index is 610. The Morgan fingerprint density at radius 3 is 2.73 bits per heavy atom. The van der Waals surface area contributed by atoms with Crippen molar-refractivity contribution in [2.75, 3.05) is 18.1 Å². The van der Waals surface area contributed by atoms with Crippen molar-refractivity contribution in [3.8, 4) is 5.75 Å². The molecule has 1 aliphatic rings. The van der Waals surface area contributed by atoms with Crippen LogP contribution in [-0.4, -0.2) is 36.8 Å². The number of benzene rings is 1. The molecule has 1 aromatic rings. The van der Waals surface area contributed by atoms with Crippen LogP contribution in [0.5, 0.6) is 5.75 Å². The lowest BCUT2D eigenvalue weighted by atomic mass is 10.1. The van der Waals surface area contributed by atoms with E-state index in [1.54, 1.807) is 25.1 Å². The molecule has 2 amide bonds. The first-order valence-electron chi connectivity index (χ1n) is 7.32. The van der Waals surface area contributed by atoms with Gasteiger partial charge in [0.25, 0.3) is 5.91 Å². The maximum atomic E-state index is 12.1. The van der Waals surface area contributed by atoms with Gasteiger partial charge in [-0.15, -0.1) is 0 Å². The molecule has 0 radical (unpaired) electrons. The van der Waals surface area contributed by atoms with E-state index >= 15 is 0 Å². The van der Waals surface area contributed by atoms with Crippen molar-refractivity contribution >= 4 is 23.3 Å². The molecule has 1 aromatic carbocycles. The van der Waals surface area contributed by atoms with Gasteiger partial charge >= 0.3 is 0 Å². The van der Waals surface area contributed by atoms with Gasteiger partial charge < -0.3 is 10.1 Å². The molecular weight excluding hydrogens is 284 g/mol. The van der Waals surface area contributed by atoms with Crippen molar-refractivity contribution in [2.24, 2.45) is 0 Å². The fourth-order valence-electron chi connectivity index (χ4n) is 2.26. The second-order valence-corrected chi connectivity index (χ2v) is 5.45. The number of amides is 2. The molecule has 6 heteroatoms. The van der Waals surface area contributed by atoms with Crippen LogP contribution in [-0.2, 0) is 9.59 Å². The predicted molar refractivity (Wildman–Crippen MR) is 82.2 cm³/mol. The lowest BCUT2D eigenvalue weighted by molar-refractivity contribution is -0.125. The minimum Gasteiger partial charge on any atom is -0.482 e. The third-order valence-corrected chi connectivity index (χ3v) is 3.30. The van der Waals surface area contributed by atoms with Gasteiger partial charge in [-0.1, -0.05) is 6.92 Å². The summed E-state index contributed by atoms with van der Waals surface area (Å²) in [5.74, 6) is -0.0621. The van der Waals surface area contributed by atoms with Crippen molar-refractivity contribution in [1.29, 1.82) is 0 Å². The topological polar surface area (TPSA) is 75.7 Å². The van der Waals surface area contributed by atoms with E-state index < -0.39 is 0 Å². The second-order valence-electron chi connectivity index (χ2n) is 5.45. The lowest BCUT2D eigenvalue weighted by Gasteiger charge is -2.29. The molecular formula is C16H20N2O4. The van der Waals surface area contributed by atoms with Gasteiger partial charge in [0.2, 0.25) is 5.91 Å². The maximum Gasteiger partial charge on any atom is 0.265 e. The summed E-state index contributed by atoms with van der Waals surface area (Å²) < 4.78 is 5.36. The zero-order chi connectivity index (χ0) is 16.3. The summed E-state index contributed by atoms with van der Waals surface area (Å²) in [6, 6.07) is 4.95. The van der Waals surface area contributed by atoms with Crippen molar-refractivity contribution in [3.63, 3.8) is 0 Å². The van der Waals surface area contributed by atoms with Gasteiger partial charge in [-0.25, -0.2) is 0 Å². The summed E-state index contributed by atoms with van der Waals surface area (Å²) in [6.45, 7) is 5.29. The van der Waals surface area contributed by atoms with Crippen LogP contribution in [0.25, 0.3) is 0 Å². The van der Waals surface area contributed by atoms with Crippen LogP contribution >= 0.6 is 0 Å². The molecule has 0 saturated carbocycles. The van der Waals surface area contributed by atoms with Gasteiger partial charge in [-0.3, -0.25) is 19.3 Å². The average Bonchev–Trinajstić information content (AvgIpc) is 2.48. The van der Waals surface area contributed by atoms with E-state index in [4.69, 9.17) is 4.74 Å². The van der Waals surface area contributed by atoms with Crippen LogP contribution in [0.1, 0.15) is 37.6 Å². The van der Waals surface area contributed by atoms with Crippen LogP contribution in [0.15, 0.2) is 18.2 Å². The second kappa shape index (κ2) is 6.60. The number of hydrogen-bond acceptors (Lipinski definition) is 4. The van der Waals surface area contributed by atoms with Crippen LogP contribution in [0.4, 0.5) is 5.69 Å². The van der Waals surface area contributed by atoms with Gasteiger partial charge in [-0.05, 0) is 32.0 Å². The fourth-order valence-corrected chi connectivity index (χ4v) is 2.26. The number of nitrogens with zero attached hydrogens (tertiary/aromatic N) is 1. The summed E-state index contributed by atoms with van der Waals surface area (Å²) in [4.78, 5) is 37.2. The molecule has 0 aliphatic carbocycles. The molecule has 0 unspecified atom stereocenters. The zero-order valence-electron chi connectivity index (χ0n) is 13.0. The van der Waals surface area contributed by atoms with E-state index in [0.717, 1.165) is 0 Å². The maximum absolute atomic E-state index is 12.1. The van der Waals surface area contributed by atoms with Crippen LogP contribution < -0.4 is 15.0 Å². The highest BCUT2D eigenvalue weighted by molar-refractivity contribution is 6.04. The van der Waals surface area contributed by atoms with Crippen LogP contribution in [0, 0.1) is 0 Å². The number of carbonyl (C=O) groups excluding carboxylic acids is 3. The van der Waals surface area contributed by atoms with Gasteiger partial charge in [0.1, 0.15) is 12.3 Å². The summed E-state index contributed by atoms with van der Waals surface area (Å²) >= 11 is 0. The van der Waals surface area contributed by atoms with Gasteiger partial charge in [-0.2, -0.15) is 0 Å². The Morgan fingerprint density at radius 1 is 1.36 bits per heavy atom. The summed E-state index contributed by atoms with van der Waals surface area (Å²) in [5.41, 5.74) is 0.975. The van der Waals surface area contributed by atoms with E-state index in [9.17, 15) is 14.4 Å². The monoisotopic (exact) mass is 304 g/mol. The molecule has 0 fully saturated rings. The number of ether oxygens (including phenoxy) is 1. The first-order chi connectivity index (χ1) is 10.4. The van der Waals surface area contributed by atoms with E-state index in [1.165, 1.54) is 4.90 Å². The normalized spacial score (nSPS) is 13.6. The van der Waals surface area contributed by atoms with E-state index in [-0.39, 0.29) is 36.8 Å². The SMILES string of the molecule is CCC(=O)c1ccc2c(c1)N(CC(=O)NC(C)C)C(=O)CO2. The minimum absolute atomic E-state index is 0.00360. The number of anilines is 1. The third kappa shape index (κ3) is 3.44. The molecule has 1 heterocycles. The van der Waals surface area contributed by atoms with Crippen LogP contribution in [0.3, 0.4) is 0 Å². The molecule has 118 valence electrons. The molecule has 1 aliphatic heterocycles. The van der Waals surface area contributed by atoms with Crippen LogP contribution in [0.2, 0.25) is 0 Å². The van der Waals surface area contributed by atoms with Crippen molar-refractivity contribution in [1.82, 2.24) is 5.32 Å². The van der Waals surface area contributed by atoms with E-state index in [0.29, 0.717) is 23.4 Å². The van der Waals surface area contributed by atoms with Gasteiger partial charge in [0.15, 0.2) is 12.4 Å². The fraction of sp³-hybridized carbons (Fsp3) is 0.438. The largest absolute Gasteiger partial charge is 0.482 e. The Hall–Kier alpha value is -2.37. The Kier molecular flexibility index (Phi) is 4.80. The molecule has 1 N–H and O–H groups in total. The smallest absolute Gasteiger partial charge is 0.265 e. The number of carbonyl (C=O) groups is 3. The standard InChI is InChI=1S/C16H20N2O4/c1-4-13(19)11-5-6-14-12(7-11)18(16(21)9-22-14)8-15(20)17-10(2)3/h5-7,10H,4,8-9H2,1-3H3,(H,17,20). The quantitative estimate of drug-likeness (QED) is 0.837. The Morgan fingerprint density at radius 2 is 2.09 bits per heavy atom. The molecule has 0 aromatic heterocycles. The summed E-state index contributed by atoms with van der Waals surface area (Å²) in [5, 5.41) is 2.75. The molecule has 6 nitrogen and oxygen atoms in total. The number of hydrogen-bond donors (Lipinski definition) is 1. The molecule has 0 atom stereocenters. The number of fused-ring (bicyclic) bond motifs is 1. The van der Waals surface area contributed by atoms with Crippen molar-refractivity contribution in [2.45, 2.75) is 33.2 Å². The predicted octanol–water partition coefficient (Wildman–Crippen LogP) is 1.53. The first kappa shape index (κ1) is 16.0. The number of ketones is 1. The Labute approximate surface area is 129 Å². The molecule has 2 rings (SSSR count). The highest BCUT2D eigenvalue weighted by atomic mass is 16.5. The van der Waals surface area contributed by atoms with E-state index in [2.05, 4.69) is 5.32 Å². The highest BCUT2D eigenvalue weighted by Gasteiger charge is 2.28. The van der Waals surface area contributed by atoms with Gasteiger partial charge in [0, 0.05) is 18.0 Å². The summed E-state index contributed by atoms with van der Waals surface area (Å²) in [6.07, 6.45) is 0.376. The Balaban J connectivity index is 2.30. The third-order valence-electron chi connectivity index (χ3n) is 3.30. The lowest BCUT2D eigenvalue weighted by Crippen LogP contribution is -2.46. The van der Waals surface area contributed by atoms with Crippen molar-refractivity contribution in [3.05, 3.63) is 23.8 Å². The molecule has 0 bridgehead atoms. The number of rotatable bonds is 5. The molecule has 0 spiro atoms. The average molecular weight is 304 g/mol. The minimum atomic E-state index is -0.299. The first-order valence-corrected chi connectivity index (χ1v) is 7.32. The molecule has 22 heavy (non-hydrogen) atoms. The molecule has 0 saturated heterocycles. The number of nitrogens with one attached hydrogen (secondary N) is 1. The zero-order valence-corrected chi connectivity index (χ0v) is 13.0.